The summed E-state index contributed by atoms with van der Waals surface area (Å²) in [5.41, 5.74) is 2.58. The number of rotatable bonds is 2. The zero-order chi connectivity index (χ0) is 20.6. The van der Waals surface area contributed by atoms with Crippen molar-refractivity contribution in [2.45, 2.75) is 19.5 Å². The fourth-order valence-corrected chi connectivity index (χ4v) is 3.32. The van der Waals surface area contributed by atoms with Crippen molar-refractivity contribution in [3.63, 3.8) is 0 Å². The second kappa shape index (κ2) is 7.16. The SMILES string of the molecule is Cc1cc2c(cc1C(F)(F)F)N=C(c1cccc(-c3ccncc3)c1)CC(=O)N2. The van der Waals surface area contributed by atoms with Crippen molar-refractivity contribution in [1.82, 2.24) is 4.98 Å². The number of amides is 1. The molecule has 1 amide bonds. The molecule has 0 saturated carbocycles. The molecule has 2 aromatic carbocycles. The maximum Gasteiger partial charge on any atom is 0.416 e. The molecule has 0 aliphatic carbocycles. The number of carbonyl (C=O) groups is 1. The van der Waals surface area contributed by atoms with Crippen LogP contribution in [0.3, 0.4) is 0 Å². The molecule has 7 heteroatoms. The molecule has 3 aromatic rings. The molecule has 146 valence electrons. The average Bonchev–Trinajstić information content (AvgIpc) is 2.85. The largest absolute Gasteiger partial charge is 0.416 e. The normalized spacial score (nSPS) is 13.9. The highest BCUT2D eigenvalue weighted by molar-refractivity contribution is 6.17. The first-order valence-corrected chi connectivity index (χ1v) is 8.91. The van der Waals surface area contributed by atoms with Gasteiger partial charge in [0.25, 0.3) is 0 Å². The fraction of sp³-hybridized carbons (Fsp3) is 0.136. The van der Waals surface area contributed by atoms with Crippen molar-refractivity contribution >= 4 is 23.0 Å². The van der Waals surface area contributed by atoms with Gasteiger partial charge in [-0.3, -0.25) is 14.8 Å². The standard InChI is InChI=1S/C22H16F3N3O/c1-13-9-19-20(11-17(13)22(23,24)25)27-18(12-21(29)28-19)16-4-2-3-15(10-16)14-5-7-26-8-6-14/h2-11H,12H2,1H3,(H,28,29). The highest BCUT2D eigenvalue weighted by Gasteiger charge is 2.33. The molecule has 0 bridgehead atoms. The Kier molecular flexibility index (Phi) is 4.66. The van der Waals surface area contributed by atoms with E-state index >= 15 is 0 Å². The first-order valence-electron chi connectivity index (χ1n) is 8.91. The Morgan fingerprint density at radius 3 is 2.41 bits per heavy atom. The third-order valence-corrected chi connectivity index (χ3v) is 4.72. The number of benzene rings is 2. The van der Waals surface area contributed by atoms with E-state index in [2.05, 4.69) is 15.3 Å². The van der Waals surface area contributed by atoms with Crippen LogP contribution in [0.5, 0.6) is 0 Å². The van der Waals surface area contributed by atoms with Crippen molar-refractivity contribution in [2.24, 2.45) is 4.99 Å². The number of aryl methyl sites for hydroxylation is 1. The zero-order valence-corrected chi connectivity index (χ0v) is 15.4. The molecule has 1 aliphatic heterocycles. The van der Waals surface area contributed by atoms with Crippen molar-refractivity contribution in [3.8, 4) is 11.1 Å². The predicted octanol–water partition coefficient (Wildman–Crippen LogP) is 5.54. The van der Waals surface area contributed by atoms with Crippen LogP contribution >= 0.6 is 0 Å². The van der Waals surface area contributed by atoms with Crippen LogP contribution < -0.4 is 5.32 Å². The van der Waals surface area contributed by atoms with E-state index in [1.807, 2.05) is 30.3 Å². The van der Waals surface area contributed by atoms with Crippen LogP contribution in [-0.4, -0.2) is 16.6 Å². The molecule has 4 rings (SSSR count). The second-order valence-corrected chi connectivity index (χ2v) is 6.78. The summed E-state index contributed by atoms with van der Waals surface area (Å²) in [5.74, 6) is -0.323. The third kappa shape index (κ3) is 3.89. The van der Waals surface area contributed by atoms with Crippen LogP contribution in [0.25, 0.3) is 11.1 Å². The molecular weight excluding hydrogens is 379 g/mol. The van der Waals surface area contributed by atoms with E-state index < -0.39 is 11.7 Å². The predicted molar refractivity (Wildman–Crippen MR) is 105 cm³/mol. The van der Waals surface area contributed by atoms with Gasteiger partial charge < -0.3 is 5.32 Å². The lowest BCUT2D eigenvalue weighted by Crippen LogP contribution is -2.15. The monoisotopic (exact) mass is 395 g/mol. The van der Waals surface area contributed by atoms with Gasteiger partial charge in [-0.15, -0.1) is 0 Å². The summed E-state index contributed by atoms with van der Waals surface area (Å²) in [6, 6.07) is 13.4. The smallest absolute Gasteiger partial charge is 0.324 e. The summed E-state index contributed by atoms with van der Waals surface area (Å²) in [6.07, 6.45) is -1.17. The lowest BCUT2D eigenvalue weighted by Gasteiger charge is -2.13. The van der Waals surface area contributed by atoms with Crippen molar-refractivity contribution in [2.75, 3.05) is 5.32 Å². The number of anilines is 1. The topological polar surface area (TPSA) is 54.4 Å². The third-order valence-electron chi connectivity index (χ3n) is 4.72. The molecule has 4 nitrogen and oxygen atoms in total. The lowest BCUT2D eigenvalue weighted by molar-refractivity contribution is -0.138. The van der Waals surface area contributed by atoms with E-state index in [9.17, 15) is 18.0 Å². The molecule has 1 aromatic heterocycles. The van der Waals surface area contributed by atoms with Crippen LogP contribution in [0, 0.1) is 6.92 Å². The van der Waals surface area contributed by atoms with E-state index in [0.717, 1.165) is 17.2 Å². The first-order chi connectivity index (χ1) is 13.8. The number of aromatic nitrogens is 1. The van der Waals surface area contributed by atoms with Crippen molar-refractivity contribution < 1.29 is 18.0 Å². The van der Waals surface area contributed by atoms with Gasteiger partial charge in [-0.05, 0) is 59.5 Å². The summed E-state index contributed by atoms with van der Waals surface area (Å²) >= 11 is 0. The number of fused-ring (bicyclic) bond motifs is 1. The maximum absolute atomic E-state index is 13.3. The molecule has 0 radical (unpaired) electrons. The molecule has 0 spiro atoms. The van der Waals surface area contributed by atoms with Gasteiger partial charge in [-0.25, -0.2) is 0 Å². The number of hydrogen-bond acceptors (Lipinski definition) is 3. The Hall–Kier alpha value is -3.48. The quantitative estimate of drug-likeness (QED) is 0.620. The molecule has 2 heterocycles. The Bertz CT molecular complexity index is 1120. The summed E-state index contributed by atoms with van der Waals surface area (Å²) in [4.78, 5) is 20.8. The first kappa shape index (κ1) is 18.9. The van der Waals surface area contributed by atoms with Gasteiger partial charge in [0.1, 0.15) is 0 Å². The minimum absolute atomic E-state index is 0.0329. The number of pyridine rings is 1. The minimum Gasteiger partial charge on any atom is -0.324 e. The molecule has 1 aliphatic rings. The fourth-order valence-electron chi connectivity index (χ4n) is 3.32. The lowest BCUT2D eigenvalue weighted by atomic mass is 10.0. The Morgan fingerprint density at radius 1 is 0.966 bits per heavy atom. The number of carbonyl (C=O) groups excluding carboxylic acids is 1. The Morgan fingerprint density at radius 2 is 1.69 bits per heavy atom. The number of alkyl halides is 3. The number of hydrogen-bond donors (Lipinski definition) is 1. The van der Waals surface area contributed by atoms with E-state index in [4.69, 9.17) is 0 Å². The average molecular weight is 395 g/mol. The van der Waals surface area contributed by atoms with Crippen LogP contribution in [0.4, 0.5) is 24.5 Å². The van der Waals surface area contributed by atoms with Crippen molar-refractivity contribution in [3.05, 3.63) is 77.6 Å². The molecular formula is C22H16F3N3O. The summed E-state index contributed by atoms with van der Waals surface area (Å²) in [6.45, 7) is 1.36. The van der Waals surface area contributed by atoms with Crippen molar-refractivity contribution in [1.29, 1.82) is 0 Å². The highest BCUT2D eigenvalue weighted by Crippen LogP contribution is 2.39. The number of nitrogens with one attached hydrogen (secondary N) is 1. The zero-order valence-electron chi connectivity index (χ0n) is 15.4. The number of nitrogens with zero attached hydrogens (tertiary/aromatic N) is 2. The minimum atomic E-state index is -4.49. The molecule has 0 fully saturated rings. The highest BCUT2D eigenvalue weighted by atomic mass is 19.4. The molecule has 0 atom stereocenters. The van der Waals surface area contributed by atoms with Gasteiger partial charge in [0.05, 0.1) is 29.1 Å². The Balaban J connectivity index is 1.82. The van der Waals surface area contributed by atoms with Crippen LogP contribution in [0.15, 0.2) is 65.9 Å². The molecule has 0 saturated heterocycles. The van der Waals surface area contributed by atoms with Gasteiger partial charge in [-0.1, -0.05) is 18.2 Å². The van der Waals surface area contributed by atoms with E-state index in [0.29, 0.717) is 11.3 Å². The molecule has 1 N–H and O–H groups in total. The van der Waals surface area contributed by atoms with Crippen LogP contribution in [0.1, 0.15) is 23.1 Å². The summed E-state index contributed by atoms with van der Waals surface area (Å²) < 4.78 is 40.0. The second-order valence-electron chi connectivity index (χ2n) is 6.78. The molecule has 29 heavy (non-hydrogen) atoms. The van der Waals surface area contributed by atoms with Crippen LogP contribution in [0.2, 0.25) is 0 Å². The number of aliphatic imine (C=N–C) groups is 1. The van der Waals surface area contributed by atoms with Gasteiger partial charge in [-0.2, -0.15) is 13.2 Å². The molecule has 0 unspecified atom stereocenters. The van der Waals surface area contributed by atoms with Gasteiger partial charge in [0, 0.05) is 12.4 Å². The van der Waals surface area contributed by atoms with Gasteiger partial charge in [0.2, 0.25) is 5.91 Å². The van der Waals surface area contributed by atoms with E-state index in [1.165, 1.54) is 13.0 Å². The maximum atomic E-state index is 13.3. The Labute approximate surface area is 165 Å². The van der Waals surface area contributed by atoms with E-state index in [1.54, 1.807) is 18.5 Å². The van der Waals surface area contributed by atoms with Gasteiger partial charge >= 0.3 is 6.18 Å². The van der Waals surface area contributed by atoms with E-state index in [-0.39, 0.29) is 29.3 Å². The summed E-state index contributed by atoms with van der Waals surface area (Å²) in [5, 5.41) is 2.66. The summed E-state index contributed by atoms with van der Waals surface area (Å²) in [7, 11) is 0. The van der Waals surface area contributed by atoms with Crippen LogP contribution in [-0.2, 0) is 11.0 Å². The number of halogens is 3. The van der Waals surface area contributed by atoms with Gasteiger partial charge in [0.15, 0.2) is 0 Å².